The van der Waals surface area contributed by atoms with Gasteiger partial charge in [0.05, 0.1) is 5.69 Å². The van der Waals surface area contributed by atoms with E-state index in [9.17, 15) is 9.59 Å². The van der Waals surface area contributed by atoms with Gasteiger partial charge in [0.15, 0.2) is 6.61 Å². The van der Waals surface area contributed by atoms with Crippen molar-refractivity contribution in [3.63, 3.8) is 0 Å². The van der Waals surface area contributed by atoms with Crippen LogP contribution in [0.3, 0.4) is 0 Å². The van der Waals surface area contributed by atoms with E-state index in [1.165, 1.54) is 24.2 Å². The molecule has 0 bridgehead atoms. The second-order valence-electron chi connectivity index (χ2n) is 6.82. The number of benzene rings is 1. The molecule has 0 saturated carbocycles. The molecular formula is C19H27N3O3. The number of likely N-dealkylation sites (tertiary alicyclic amines) is 1. The first-order valence-electron chi connectivity index (χ1n) is 9.18. The molecule has 0 aliphatic carbocycles. The third-order valence-corrected chi connectivity index (χ3v) is 4.99. The maximum atomic E-state index is 12.2. The molecular weight excluding hydrogens is 318 g/mol. The summed E-state index contributed by atoms with van der Waals surface area (Å²) >= 11 is 0. The van der Waals surface area contributed by atoms with Gasteiger partial charge in [-0.3, -0.25) is 14.5 Å². The molecule has 1 aromatic rings. The van der Waals surface area contributed by atoms with Crippen molar-refractivity contribution in [1.29, 1.82) is 0 Å². The number of carbonyl (C=O) groups is 2. The van der Waals surface area contributed by atoms with Crippen LogP contribution in [0.1, 0.15) is 32.6 Å². The van der Waals surface area contributed by atoms with Crippen molar-refractivity contribution in [3.8, 4) is 5.75 Å². The predicted octanol–water partition coefficient (Wildman–Crippen LogP) is 1.79. The molecule has 0 spiro atoms. The first-order chi connectivity index (χ1) is 12.1. The van der Waals surface area contributed by atoms with Crippen LogP contribution in [0.2, 0.25) is 0 Å². The van der Waals surface area contributed by atoms with Crippen molar-refractivity contribution < 1.29 is 14.3 Å². The van der Waals surface area contributed by atoms with E-state index < -0.39 is 0 Å². The fourth-order valence-corrected chi connectivity index (χ4v) is 3.53. The Morgan fingerprint density at radius 2 is 2.16 bits per heavy atom. The Balaban J connectivity index is 1.44. The summed E-state index contributed by atoms with van der Waals surface area (Å²) in [6, 6.07) is 7.95. The number of nitrogens with one attached hydrogen (secondary N) is 1. The summed E-state index contributed by atoms with van der Waals surface area (Å²) in [6.45, 7) is 5.12. The van der Waals surface area contributed by atoms with Gasteiger partial charge in [-0.05, 0) is 44.9 Å². The number of fused-ring (bicyclic) bond motifs is 1. The highest BCUT2D eigenvalue weighted by Gasteiger charge is 2.26. The minimum absolute atomic E-state index is 0.0167. The van der Waals surface area contributed by atoms with Crippen LogP contribution in [-0.4, -0.2) is 55.5 Å². The number of amides is 2. The maximum absolute atomic E-state index is 12.2. The van der Waals surface area contributed by atoms with Gasteiger partial charge in [0.1, 0.15) is 12.3 Å². The van der Waals surface area contributed by atoms with Crippen LogP contribution in [0.5, 0.6) is 5.75 Å². The van der Waals surface area contributed by atoms with E-state index in [1.54, 1.807) is 6.07 Å². The minimum atomic E-state index is -0.184. The first-order valence-corrected chi connectivity index (χ1v) is 9.18. The van der Waals surface area contributed by atoms with Crippen LogP contribution >= 0.6 is 0 Å². The summed E-state index contributed by atoms with van der Waals surface area (Å²) in [5.74, 6) is 0.335. The average Bonchev–Trinajstić information content (AvgIpc) is 2.62. The normalized spacial score (nSPS) is 20.8. The van der Waals surface area contributed by atoms with Gasteiger partial charge in [-0.1, -0.05) is 18.6 Å². The molecule has 6 nitrogen and oxygen atoms in total. The molecule has 1 fully saturated rings. The highest BCUT2D eigenvalue weighted by molar-refractivity contribution is 6.02. The van der Waals surface area contributed by atoms with E-state index in [0.717, 1.165) is 19.5 Å². The van der Waals surface area contributed by atoms with Crippen LogP contribution in [0, 0.1) is 0 Å². The number of piperidine rings is 1. The van der Waals surface area contributed by atoms with Crippen molar-refractivity contribution >= 4 is 17.5 Å². The largest absolute Gasteiger partial charge is 0.482 e. The molecule has 136 valence electrons. The van der Waals surface area contributed by atoms with Gasteiger partial charge in [-0.2, -0.15) is 0 Å². The van der Waals surface area contributed by atoms with Crippen LogP contribution in [0.4, 0.5) is 5.69 Å². The number of carbonyl (C=O) groups excluding carboxylic acids is 2. The summed E-state index contributed by atoms with van der Waals surface area (Å²) in [7, 11) is 0. The molecule has 2 amide bonds. The Labute approximate surface area is 149 Å². The highest BCUT2D eigenvalue weighted by atomic mass is 16.5. The topological polar surface area (TPSA) is 61.9 Å². The Bertz CT molecular complexity index is 620. The fraction of sp³-hybridized carbons (Fsp3) is 0.579. The van der Waals surface area contributed by atoms with Gasteiger partial charge in [0.25, 0.3) is 5.91 Å². The van der Waals surface area contributed by atoms with Crippen LogP contribution < -0.4 is 15.0 Å². The van der Waals surface area contributed by atoms with Crippen molar-refractivity contribution in [1.82, 2.24) is 10.2 Å². The van der Waals surface area contributed by atoms with Gasteiger partial charge in [-0.15, -0.1) is 0 Å². The lowest BCUT2D eigenvalue weighted by atomic mass is 10.0. The second-order valence-corrected chi connectivity index (χ2v) is 6.82. The zero-order chi connectivity index (χ0) is 17.6. The summed E-state index contributed by atoms with van der Waals surface area (Å²) in [5.41, 5.74) is 0.663. The number of ether oxygens (including phenoxy) is 1. The van der Waals surface area contributed by atoms with Crippen molar-refractivity contribution in [2.24, 2.45) is 0 Å². The molecule has 3 rings (SSSR count). The molecule has 1 aromatic carbocycles. The summed E-state index contributed by atoms with van der Waals surface area (Å²) in [5, 5.41) is 2.94. The third-order valence-electron chi connectivity index (χ3n) is 4.99. The molecule has 0 unspecified atom stereocenters. The molecule has 2 aliphatic heterocycles. The fourth-order valence-electron chi connectivity index (χ4n) is 3.53. The zero-order valence-corrected chi connectivity index (χ0v) is 14.9. The van der Waals surface area contributed by atoms with Crippen molar-refractivity contribution in [2.45, 2.75) is 38.6 Å². The number of hydrogen-bond donors (Lipinski definition) is 1. The van der Waals surface area contributed by atoms with Crippen LogP contribution in [0.15, 0.2) is 24.3 Å². The van der Waals surface area contributed by atoms with Gasteiger partial charge in [-0.25, -0.2) is 0 Å². The molecule has 0 radical (unpaired) electrons. The van der Waals surface area contributed by atoms with E-state index >= 15 is 0 Å². The molecule has 1 N–H and O–H groups in total. The summed E-state index contributed by atoms with van der Waals surface area (Å²) in [4.78, 5) is 28.3. The monoisotopic (exact) mass is 345 g/mol. The maximum Gasteiger partial charge on any atom is 0.265 e. The van der Waals surface area contributed by atoms with E-state index in [-0.39, 0.29) is 25.0 Å². The van der Waals surface area contributed by atoms with Crippen LogP contribution in [0.25, 0.3) is 0 Å². The molecule has 2 aliphatic rings. The Hall–Kier alpha value is -2.08. The SMILES string of the molecule is C[C@@H]1CCCCN1CCCNC(=O)CN1C(=O)COc2ccccc21. The Morgan fingerprint density at radius 3 is 3.00 bits per heavy atom. The average molecular weight is 345 g/mol. The minimum Gasteiger partial charge on any atom is -0.482 e. The lowest BCUT2D eigenvalue weighted by Crippen LogP contribution is -2.45. The molecule has 1 atom stereocenters. The van der Waals surface area contributed by atoms with E-state index in [0.29, 0.717) is 24.0 Å². The lowest BCUT2D eigenvalue weighted by molar-refractivity contribution is -0.125. The van der Waals surface area contributed by atoms with Crippen LogP contribution in [-0.2, 0) is 9.59 Å². The van der Waals surface area contributed by atoms with Gasteiger partial charge >= 0.3 is 0 Å². The Kier molecular flexibility index (Phi) is 5.91. The number of para-hydroxylation sites is 2. The van der Waals surface area contributed by atoms with E-state index in [2.05, 4.69) is 17.1 Å². The second kappa shape index (κ2) is 8.34. The zero-order valence-electron chi connectivity index (χ0n) is 14.9. The molecule has 1 saturated heterocycles. The Morgan fingerprint density at radius 1 is 1.32 bits per heavy atom. The predicted molar refractivity (Wildman–Crippen MR) is 96.8 cm³/mol. The highest BCUT2D eigenvalue weighted by Crippen LogP contribution is 2.31. The lowest BCUT2D eigenvalue weighted by Gasteiger charge is -2.33. The van der Waals surface area contributed by atoms with E-state index in [1.807, 2.05) is 18.2 Å². The van der Waals surface area contributed by atoms with Crippen molar-refractivity contribution in [3.05, 3.63) is 24.3 Å². The smallest absolute Gasteiger partial charge is 0.265 e. The summed E-state index contributed by atoms with van der Waals surface area (Å²) < 4.78 is 5.39. The third kappa shape index (κ3) is 4.51. The number of hydrogen-bond acceptors (Lipinski definition) is 4. The molecule has 6 heteroatoms. The first kappa shape index (κ1) is 17.7. The number of nitrogens with zero attached hydrogens (tertiary/aromatic N) is 2. The van der Waals surface area contributed by atoms with Gasteiger partial charge in [0, 0.05) is 19.1 Å². The standard InChI is InChI=1S/C19H27N3O3/c1-15-7-4-5-11-21(15)12-6-10-20-18(23)13-22-16-8-2-3-9-17(16)25-14-19(22)24/h2-3,8-9,15H,4-7,10-14H2,1H3,(H,20,23)/t15-/m1/s1. The van der Waals surface area contributed by atoms with Crippen molar-refractivity contribution in [2.75, 3.05) is 37.7 Å². The van der Waals surface area contributed by atoms with Gasteiger partial charge in [0.2, 0.25) is 5.91 Å². The van der Waals surface area contributed by atoms with E-state index in [4.69, 9.17) is 4.74 Å². The summed E-state index contributed by atoms with van der Waals surface area (Å²) in [6.07, 6.45) is 4.80. The quantitative estimate of drug-likeness (QED) is 0.799. The van der Waals surface area contributed by atoms with Gasteiger partial charge < -0.3 is 15.0 Å². The molecule has 2 heterocycles. The molecule has 0 aromatic heterocycles. The number of rotatable bonds is 6. The molecule has 25 heavy (non-hydrogen) atoms. The number of anilines is 1.